The van der Waals surface area contributed by atoms with E-state index < -0.39 is 15.9 Å². The molecule has 3 aromatic rings. The predicted molar refractivity (Wildman–Crippen MR) is 119 cm³/mol. The third-order valence-electron chi connectivity index (χ3n) is 5.03. The summed E-state index contributed by atoms with van der Waals surface area (Å²) >= 11 is 0. The molecule has 0 radical (unpaired) electrons. The van der Waals surface area contributed by atoms with Gasteiger partial charge in [0.25, 0.3) is 5.91 Å². The van der Waals surface area contributed by atoms with Crippen molar-refractivity contribution in [3.63, 3.8) is 0 Å². The smallest absolute Gasteiger partial charge is 0.257 e. The van der Waals surface area contributed by atoms with Crippen LogP contribution in [-0.4, -0.2) is 32.5 Å². The largest absolute Gasteiger partial charge is 0.495 e. The van der Waals surface area contributed by atoms with Gasteiger partial charge in [0.2, 0.25) is 10.0 Å². The zero-order valence-electron chi connectivity index (χ0n) is 17.3. The van der Waals surface area contributed by atoms with Gasteiger partial charge in [0.1, 0.15) is 5.75 Å². The first-order valence-electron chi connectivity index (χ1n) is 9.92. The molecule has 1 saturated carbocycles. The Bertz CT molecular complexity index is 1220. The number of pyridine rings is 1. The Kier molecular flexibility index (Phi) is 5.75. The van der Waals surface area contributed by atoms with E-state index in [0.29, 0.717) is 17.0 Å². The number of aryl methyl sites for hydroxylation is 1. The summed E-state index contributed by atoms with van der Waals surface area (Å²) < 4.78 is 33.0. The summed E-state index contributed by atoms with van der Waals surface area (Å²) in [6.45, 7) is 1.76. The van der Waals surface area contributed by atoms with Crippen LogP contribution in [0.3, 0.4) is 0 Å². The molecule has 31 heavy (non-hydrogen) atoms. The molecular formula is C23H23N3O4S. The second-order valence-corrected chi connectivity index (χ2v) is 9.12. The minimum atomic E-state index is -3.66. The average molecular weight is 438 g/mol. The molecule has 7 nitrogen and oxygen atoms in total. The number of anilines is 1. The molecule has 0 bridgehead atoms. The normalized spacial score (nSPS) is 13.6. The lowest BCUT2D eigenvalue weighted by Crippen LogP contribution is -2.26. The van der Waals surface area contributed by atoms with Crippen LogP contribution in [-0.2, 0) is 10.0 Å². The second kappa shape index (κ2) is 8.49. The highest BCUT2D eigenvalue weighted by atomic mass is 32.2. The lowest BCUT2D eigenvalue weighted by Gasteiger charge is -2.14. The van der Waals surface area contributed by atoms with E-state index in [4.69, 9.17) is 4.74 Å². The van der Waals surface area contributed by atoms with Crippen molar-refractivity contribution < 1.29 is 17.9 Å². The van der Waals surface area contributed by atoms with E-state index in [2.05, 4.69) is 15.0 Å². The fraction of sp³-hybridized carbons (Fsp3) is 0.217. The van der Waals surface area contributed by atoms with E-state index >= 15 is 0 Å². The summed E-state index contributed by atoms with van der Waals surface area (Å²) in [6.07, 6.45) is 1.68. The van der Waals surface area contributed by atoms with Crippen LogP contribution >= 0.6 is 0 Å². The number of amides is 1. The number of nitrogens with zero attached hydrogens (tertiary/aromatic N) is 1. The van der Waals surface area contributed by atoms with Crippen molar-refractivity contribution in [1.29, 1.82) is 0 Å². The molecule has 0 atom stereocenters. The highest BCUT2D eigenvalue weighted by Gasteiger charge is 2.28. The third-order valence-corrected chi connectivity index (χ3v) is 6.55. The Morgan fingerprint density at radius 2 is 1.81 bits per heavy atom. The Labute approximate surface area is 181 Å². The van der Waals surface area contributed by atoms with Crippen molar-refractivity contribution in [2.24, 2.45) is 0 Å². The average Bonchev–Trinajstić information content (AvgIpc) is 3.57. The van der Waals surface area contributed by atoms with Gasteiger partial charge in [-0.2, -0.15) is 0 Å². The summed E-state index contributed by atoms with van der Waals surface area (Å²) in [7, 11) is -2.20. The lowest BCUT2D eigenvalue weighted by atomic mass is 10.1. The summed E-state index contributed by atoms with van der Waals surface area (Å²) in [4.78, 5) is 17.5. The molecule has 1 aromatic heterocycles. The highest BCUT2D eigenvalue weighted by Crippen LogP contribution is 2.30. The zero-order valence-corrected chi connectivity index (χ0v) is 18.1. The van der Waals surface area contributed by atoms with Gasteiger partial charge in [-0.3, -0.25) is 9.78 Å². The van der Waals surface area contributed by atoms with Gasteiger partial charge in [0.05, 0.1) is 34.6 Å². The van der Waals surface area contributed by atoms with Gasteiger partial charge in [0, 0.05) is 11.6 Å². The Balaban J connectivity index is 1.59. The SMILES string of the molecule is COc1ccc(S(=O)(=O)NC2CC2)cc1NC(=O)c1ccc(-c2ccccc2)nc1C. The number of hydrogen-bond acceptors (Lipinski definition) is 5. The molecule has 8 heteroatoms. The van der Waals surface area contributed by atoms with Crippen LogP contribution in [0.1, 0.15) is 28.9 Å². The molecule has 0 aliphatic heterocycles. The van der Waals surface area contributed by atoms with Crippen molar-refractivity contribution in [2.45, 2.75) is 30.7 Å². The number of carbonyl (C=O) groups is 1. The van der Waals surface area contributed by atoms with Gasteiger partial charge in [-0.25, -0.2) is 13.1 Å². The molecule has 1 amide bonds. The van der Waals surface area contributed by atoms with E-state index in [0.717, 1.165) is 24.1 Å². The van der Waals surface area contributed by atoms with Gasteiger partial charge >= 0.3 is 0 Å². The van der Waals surface area contributed by atoms with Crippen molar-refractivity contribution in [1.82, 2.24) is 9.71 Å². The Hall–Kier alpha value is -3.23. The van der Waals surface area contributed by atoms with E-state index in [1.165, 1.54) is 25.3 Å². The maximum absolute atomic E-state index is 12.9. The lowest BCUT2D eigenvalue weighted by molar-refractivity contribution is 0.102. The predicted octanol–water partition coefficient (Wildman–Crippen LogP) is 3.76. The molecule has 1 aliphatic rings. The Morgan fingerprint density at radius 1 is 1.06 bits per heavy atom. The maximum Gasteiger partial charge on any atom is 0.257 e. The highest BCUT2D eigenvalue weighted by molar-refractivity contribution is 7.89. The number of sulfonamides is 1. The minimum Gasteiger partial charge on any atom is -0.495 e. The summed E-state index contributed by atoms with van der Waals surface area (Å²) in [5.41, 5.74) is 2.97. The van der Waals surface area contributed by atoms with Crippen molar-refractivity contribution in [3.05, 3.63) is 71.9 Å². The fourth-order valence-corrected chi connectivity index (χ4v) is 4.53. The number of rotatable bonds is 7. The molecular weight excluding hydrogens is 414 g/mol. The van der Waals surface area contributed by atoms with E-state index in [9.17, 15) is 13.2 Å². The molecule has 1 heterocycles. The van der Waals surface area contributed by atoms with Gasteiger partial charge in [-0.15, -0.1) is 0 Å². The molecule has 1 aliphatic carbocycles. The van der Waals surface area contributed by atoms with Gasteiger partial charge in [-0.05, 0) is 50.1 Å². The molecule has 4 rings (SSSR count). The number of aromatic nitrogens is 1. The van der Waals surface area contributed by atoms with Gasteiger partial charge < -0.3 is 10.1 Å². The zero-order chi connectivity index (χ0) is 22.0. The monoisotopic (exact) mass is 437 g/mol. The van der Waals surface area contributed by atoms with Crippen LogP contribution < -0.4 is 14.8 Å². The number of methoxy groups -OCH3 is 1. The number of hydrogen-bond donors (Lipinski definition) is 2. The first-order valence-corrected chi connectivity index (χ1v) is 11.4. The molecule has 0 spiro atoms. The van der Waals surface area contributed by atoms with Crippen LogP contribution in [0.25, 0.3) is 11.3 Å². The van der Waals surface area contributed by atoms with Crippen LogP contribution in [0.4, 0.5) is 5.69 Å². The molecule has 1 fully saturated rings. The standard InChI is InChI=1S/C23H23N3O4S/c1-15-19(11-12-20(24-15)16-6-4-3-5-7-16)23(27)25-21-14-18(10-13-22(21)30-2)31(28,29)26-17-8-9-17/h3-7,10-14,17,26H,8-9H2,1-2H3,(H,25,27). The molecule has 0 saturated heterocycles. The van der Waals surface area contributed by atoms with Crippen molar-refractivity contribution in [2.75, 3.05) is 12.4 Å². The van der Waals surface area contributed by atoms with E-state index in [1.54, 1.807) is 19.1 Å². The summed E-state index contributed by atoms with van der Waals surface area (Å²) in [5, 5.41) is 2.76. The number of benzene rings is 2. The molecule has 160 valence electrons. The molecule has 2 N–H and O–H groups in total. The first-order chi connectivity index (χ1) is 14.9. The van der Waals surface area contributed by atoms with Crippen molar-refractivity contribution in [3.8, 4) is 17.0 Å². The van der Waals surface area contributed by atoms with E-state index in [1.807, 2.05) is 30.3 Å². The summed E-state index contributed by atoms with van der Waals surface area (Å²) in [5.74, 6) is -0.0298. The van der Waals surface area contributed by atoms with Crippen molar-refractivity contribution >= 4 is 21.6 Å². The number of nitrogens with one attached hydrogen (secondary N) is 2. The van der Waals surface area contributed by atoms with Crippen LogP contribution in [0.15, 0.2) is 65.6 Å². The molecule has 2 aromatic carbocycles. The fourth-order valence-electron chi connectivity index (χ4n) is 3.20. The summed E-state index contributed by atoms with van der Waals surface area (Å²) in [6, 6.07) is 17.6. The van der Waals surface area contributed by atoms with E-state index in [-0.39, 0.29) is 16.6 Å². The minimum absolute atomic E-state index is 0.0120. The van der Waals surface area contributed by atoms with Crippen LogP contribution in [0.2, 0.25) is 0 Å². The first kappa shape index (κ1) is 21.0. The third kappa shape index (κ3) is 4.76. The second-order valence-electron chi connectivity index (χ2n) is 7.41. The van der Waals surface area contributed by atoms with Gasteiger partial charge in [0.15, 0.2) is 0 Å². The van der Waals surface area contributed by atoms with Crippen LogP contribution in [0, 0.1) is 6.92 Å². The van der Waals surface area contributed by atoms with Gasteiger partial charge in [-0.1, -0.05) is 30.3 Å². The topological polar surface area (TPSA) is 97.4 Å². The number of carbonyl (C=O) groups excluding carboxylic acids is 1. The Morgan fingerprint density at radius 3 is 2.45 bits per heavy atom. The molecule has 0 unspecified atom stereocenters. The number of ether oxygens (including phenoxy) is 1. The maximum atomic E-state index is 12.9. The quantitative estimate of drug-likeness (QED) is 0.587. The van der Waals surface area contributed by atoms with Crippen LogP contribution in [0.5, 0.6) is 5.75 Å².